The summed E-state index contributed by atoms with van der Waals surface area (Å²) in [6.07, 6.45) is -0.448. The molecular formula is C35H44N6O9S. The molecule has 1 aliphatic heterocycles. The lowest BCUT2D eigenvalue weighted by atomic mass is 10.0. The maximum Gasteiger partial charge on any atom is 0.273 e. The van der Waals surface area contributed by atoms with E-state index in [1.54, 1.807) is 55.6 Å². The summed E-state index contributed by atoms with van der Waals surface area (Å²) in [6, 6.07) is 7.35. The molecule has 3 atom stereocenters. The number of fused-ring (bicyclic) bond motifs is 3. The average Bonchev–Trinajstić information content (AvgIpc) is 3.65. The molecule has 0 unspecified atom stereocenters. The van der Waals surface area contributed by atoms with E-state index in [4.69, 9.17) is 14.2 Å². The molecule has 0 aliphatic carbocycles. The van der Waals surface area contributed by atoms with Crippen LogP contribution in [0.25, 0.3) is 0 Å². The first kappa shape index (κ1) is 38.6. The largest absolute Gasteiger partial charge is 0.496 e. The van der Waals surface area contributed by atoms with Gasteiger partial charge in [0.2, 0.25) is 17.7 Å². The van der Waals surface area contributed by atoms with Crippen molar-refractivity contribution in [2.75, 3.05) is 33.9 Å². The van der Waals surface area contributed by atoms with Crippen LogP contribution in [0.4, 0.5) is 0 Å². The van der Waals surface area contributed by atoms with Crippen LogP contribution in [0.1, 0.15) is 60.0 Å². The number of ether oxygens (including phenoxy) is 3. The second kappa shape index (κ2) is 18.1. The molecule has 0 radical (unpaired) electrons. The topological polar surface area (TPSA) is 198 Å². The lowest BCUT2D eigenvalue weighted by Crippen LogP contribution is -2.59. The highest BCUT2D eigenvalue weighted by Gasteiger charge is 2.32. The van der Waals surface area contributed by atoms with E-state index in [2.05, 4.69) is 26.3 Å². The molecule has 1 aliphatic rings. The maximum absolute atomic E-state index is 13.6. The highest BCUT2D eigenvalue weighted by Crippen LogP contribution is 2.37. The van der Waals surface area contributed by atoms with Gasteiger partial charge in [0.05, 0.1) is 44.5 Å². The Morgan fingerprint density at radius 1 is 0.961 bits per heavy atom. The van der Waals surface area contributed by atoms with Gasteiger partial charge in [0, 0.05) is 24.0 Å². The molecule has 0 saturated heterocycles. The fourth-order valence-electron chi connectivity index (χ4n) is 5.35. The summed E-state index contributed by atoms with van der Waals surface area (Å²) in [7, 11) is 2.95. The van der Waals surface area contributed by atoms with Crippen molar-refractivity contribution in [3.8, 4) is 23.0 Å². The minimum absolute atomic E-state index is 0.0703. The Bertz CT molecular complexity index is 1700. The first-order chi connectivity index (χ1) is 24.4. The van der Waals surface area contributed by atoms with Crippen LogP contribution in [0.3, 0.4) is 0 Å². The highest BCUT2D eigenvalue weighted by atomic mass is 32.1. The summed E-state index contributed by atoms with van der Waals surface area (Å²) in [6.45, 7) is 4.73. The van der Waals surface area contributed by atoms with Crippen molar-refractivity contribution in [1.29, 1.82) is 0 Å². The molecule has 0 saturated carbocycles. The van der Waals surface area contributed by atoms with Gasteiger partial charge in [-0.1, -0.05) is 19.9 Å². The fourth-order valence-corrected chi connectivity index (χ4v) is 5.87. The fraction of sp³-hybridized carbons (Fsp3) is 0.429. The van der Waals surface area contributed by atoms with Crippen molar-refractivity contribution in [3.05, 3.63) is 64.1 Å². The third-order valence-corrected chi connectivity index (χ3v) is 8.72. The predicted octanol–water partition coefficient (Wildman–Crippen LogP) is 2.24. The van der Waals surface area contributed by atoms with Gasteiger partial charge in [0.1, 0.15) is 29.3 Å². The van der Waals surface area contributed by atoms with Gasteiger partial charge >= 0.3 is 0 Å². The van der Waals surface area contributed by atoms with Gasteiger partial charge in [0.15, 0.2) is 11.5 Å². The number of hydrogen-bond donors (Lipinski definition) is 5. The summed E-state index contributed by atoms with van der Waals surface area (Å²) < 4.78 is 17.3. The summed E-state index contributed by atoms with van der Waals surface area (Å²) >= 11 is 1.23. The minimum Gasteiger partial charge on any atom is -0.496 e. The Labute approximate surface area is 300 Å². The molecule has 16 heteroatoms. The second-order valence-corrected chi connectivity index (χ2v) is 12.9. The first-order valence-electron chi connectivity index (χ1n) is 16.5. The molecule has 51 heavy (non-hydrogen) atoms. The zero-order valence-electron chi connectivity index (χ0n) is 29.2. The van der Waals surface area contributed by atoms with Crippen LogP contribution in [0, 0.1) is 5.92 Å². The summed E-state index contributed by atoms with van der Waals surface area (Å²) in [5, 5.41) is 22.9. The van der Waals surface area contributed by atoms with Crippen LogP contribution in [-0.2, 0) is 20.9 Å². The Hall–Kier alpha value is -5.22. The van der Waals surface area contributed by atoms with Gasteiger partial charge in [-0.2, -0.15) is 0 Å². The van der Waals surface area contributed by atoms with Crippen LogP contribution in [0.15, 0.2) is 47.3 Å². The number of benzene rings is 2. The molecule has 274 valence electrons. The van der Waals surface area contributed by atoms with E-state index in [0.29, 0.717) is 41.2 Å². The number of aromatic nitrogens is 1. The lowest BCUT2D eigenvalue weighted by molar-refractivity contribution is -0.135. The molecule has 0 fully saturated rings. The molecule has 1 aromatic heterocycles. The summed E-state index contributed by atoms with van der Waals surface area (Å²) in [4.78, 5) is 72.1. The van der Waals surface area contributed by atoms with Gasteiger partial charge in [0.25, 0.3) is 11.8 Å². The molecule has 0 spiro atoms. The Balaban J connectivity index is 1.68. The molecule has 5 N–H and O–H groups in total. The van der Waals surface area contributed by atoms with Crippen molar-refractivity contribution in [1.82, 2.24) is 31.2 Å². The second-order valence-electron chi connectivity index (χ2n) is 12.2. The van der Waals surface area contributed by atoms with Crippen LogP contribution in [0.5, 0.6) is 23.0 Å². The van der Waals surface area contributed by atoms with E-state index >= 15 is 0 Å². The zero-order valence-corrected chi connectivity index (χ0v) is 30.0. The van der Waals surface area contributed by atoms with Gasteiger partial charge in [-0.05, 0) is 56.0 Å². The molecule has 2 bridgehead atoms. The van der Waals surface area contributed by atoms with E-state index in [1.807, 2.05) is 0 Å². The van der Waals surface area contributed by atoms with Crippen LogP contribution in [0.2, 0.25) is 0 Å². The number of nitrogens with one attached hydrogen (secondary N) is 4. The Morgan fingerprint density at radius 2 is 1.73 bits per heavy atom. The van der Waals surface area contributed by atoms with Gasteiger partial charge in [-0.3, -0.25) is 24.0 Å². The molecule has 5 amide bonds. The SMILES string of the molecule is COc1ccc2cc1Oc1cccc(OC)c1CNC(=O)[C@@H](C(C)C)NC(=O)[C@H]([C@@H](C)O)NC(=O)CN(C(=O)c1cscn1)CCCCNC2=O. The number of aliphatic hydroxyl groups is 1. The average molecular weight is 725 g/mol. The normalized spacial score (nSPS) is 19.0. The smallest absolute Gasteiger partial charge is 0.273 e. The molecule has 4 rings (SSSR count). The van der Waals surface area contributed by atoms with Crippen LogP contribution < -0.4 is 35.5 Å². The monoisotopic (exact) mass is 724 g/mol. The summed E-state index contributed by atoms with van der Waals surface area (Å²) in [5.74, 6) is -1.94. The number of methoxy groups -OCH3 is 2. The number of nitrogens with zero attached hydrogens (tertiary/aromatic N) is 2. The Kier molecular flexibility index (Phi) is 13.7. The number of rotatable bonds is 5. The molecule has 2 heterocycles. The van der Waals surface area contributed by atoms with E-state index < -0.39 is 54.3 Å². The predicted molar refractivity (Wildman–Crippen MR) is 188 cm³/mol. The lowest BCUT2D eigenvalue weighted by Gasteiger charge is -2.28. The number of thiazole rings is 1. The quantitative estimate of drug-likeness (QED) is 0.260. The van der Waals surface area contributed by atoms with E-state index in [9.17, 15) is 29.1 Å². The zero-order chi connectivity index (χ0) is 37.1. The van der Waals surface area contributed by atoms with E-state index in [0.717, 1.165) is 0 Å². The maximum atomic E-state index is 13.6. The van der Waals surface area contributed by atoms with Crippen molar-refractivity contribution < 1.29 is 43.3 Å². The van der Waals surface area contributed by atoms with Crippen molar-refractivity contribution >= 4 is 40.9 Å². The molecule has 2 aromatic carbocycles. The first-order valence-corrected chi connectivity index (χ1v) is 17.4. The summed E-state index contributed by atoms with van der Waals surface area (Å²) in [5.41, 5.74) is 2.44. The number of carbonyl (C=O) groups excluding carboxylic acids is 5. The number of aliphatic hydroxyl groups excluding tert-OH is 1. The van der Waals surface area contributed by atoms with Gasteiger partial charge in [-0.15, -0.1) is 11.3 Å². The van der Waals surface area contributed by atoms with Crippen LogP contribution in [-0.4, -0.2) is 96.6 Å². The number of hydrogen-bond acceptors (Lipinski definition) is 11. The Morgan fingerprint density at radius 3 is 2.39 bits per heavy atom. The molecule has 3 aromatic rings. The number of carbonyl (C=O) groups is 5. The van der Waals surface area contributed by atoms with Crippen molar-refractivity contribution in [2.45, 2.75) is 58.3 Å². The van der Waals surface area contributed by atoms with E-state index in [1.165, 1.54) is 42.9 Å². The third-order valence-electron chi connectivity index (χ3n) is 8.14. The van der Waals surface area contributed by atoms with E-state index in [-0.39, 0.29) is 37.0 Å². The van der Waals surface area contributed by atoms with Crippen molar-refractivity contribution in [2.24, 2.45) is 5.92 Å². The third kappa shape index (κ3) is 10.2. The number of amides is 5. The molecular weight excluding hydrogens is 680 g/mol. The van der Waals surface area contributed by atoms with Crippen LogP contribution >= 0.6 is 11.3 Å². The van der Waals surface area contributed by atoms with Crippen molar-refractivity contribution in [3.63, 3.8) is 0 Å². The van der Waals surface area contributed by atoms with Gasteiger partial charge < -0.3 is 45.5 Å². The molecule has 15 nitrogen and oxygen atoms in total. The van der Waals surface area contributed by atoms with Gasteiger partial charge in [-0.25, -0.2) is 4.98 Å². The minimum atomic E-state index is -1.43. The highest BCUT2D eigenvalue weighted by molar-refractivity contribution is 7.07. The standard InChI is InChI=1S/C35H44N6O9S/c1-20(2)30-33(45)37-16-23-25(48-4)9-8-10-26(23)50-28-15-22(11-12-27(28)49-5)32(44)36-13-6-7-14-41(35(47)24-18-51-19-38-24)17-29(43)39-31(21(3)42)34(46)40-30/h8-12,15,18-21,30-31,42H,6-7,13-14,16-17H2,1-5H3,(H,36,44)(H,37,45)(H,39,43)(H,40,46)/t21-,30-,31+/m1/s1.